The zero-order chi connectivity index (χ0) is 13.9. The van der Waals surface area contributed by atoms with E-state index in [2.05, 4.69) is 4.72 Å². The van der Waals surface area contributed by atoms with Gasteiger partial charge < -0.3 is 0 Å². The third kappa shape index (κ3) is 4.31. The predicted octanol–water partition coefficient (Wildman–Crippen LogP) is 2.49. The molecule has 1 aliphatic carbocycles. The van der Waals surface area contributed by atoms with Crippen LogP contribution in [0.4, 0.5) is 0 Å². The van der Waals surface area contributed by atoms with E-state index in [9.17, 15) is 8.42 Å². The van der Waals surface area contributed by atoms with Crippen molar-refractivity contribution in [2.75, 3.05) is 13.1 Å². The van der Waals surface area contributed by atoms with E-state index in [-0.39, 0.29) is 11.4 Å². The first kappa shape index (κ1) is 15.5. The van der Waals surface area contributed by atoms with Crippen LogP contribution < -0.4 is 4.72 Å². The van der Waals surface area contributed by atoms with Crippen molar-refractivity contribution in [1.82, 2.24) is 9.03 Å². The lowest BCUT2D eigenvalue weighted by atomic mass is 9.89. The van der Waals surface area contributed by atoms with Crippen LogP contribution in [0.3, 0.4) is 0 Å². The van der Waals surface area contributed by atoms with E-state index < -0.39 is 10.2 Å². The Morgan fingerprint density at radius 3 is 2.47 bits per heavy atom. The summed E-state index contributed by atoms with van der Waals surface area (Å²) in [6, 6.07) is 0.129. The molecule has 0 amide bonds. The van der Waals surface area contributed by atoms with Gasteiger partial charge in [-0.2, -0.15) is 12.7 Å². The van der Waals surface area contributed by atoms with E-state index in [4.69, 9.17) is 11.6 Å². The normalized spacial score (nSPS) is 34.3. The maximum absolute atomic E-state index is 12.3. The lowest BCUT2D eigenvalue weighted by Crippen LogP contribution is -2.49. The van der Waals surface area contributed by atoms with Crippen molar-refractivity contribution >= 4 is 21.8 Å². The third-order valence-electron chi connectivity index (χ3n) is 4.38. The third-order valence-corrected chi connectivity index (χ3v) is 6.51. The minimum atomic E-state index is -3.30. The molecule has 0 radical (unpaired) electrons. The zero-order valence-electron chi connectivity index (χ0n) is 11.6. The predicted molar refractivity (Wildman–Crippen MR) is 78.5 cm³/mol. The second-order valence-electron chi connectivity index (χ2n) is 5.93. The summed E-state index contributed by atoms with van der Waals surface area (Å²) >= 11 is 6.07. The average molecular weight is 309 g/mol. The average Bonchev–Trinajstić information content (AvgIpc) is 2.38. The number of piperidine rings is 1. The molecule has 1 heterocycles. The van der Waals surface area contributed by atoms with Gasteiger partial charge in [-0.05, 0) is 51.4 Å². The van der Waals surface area contributed by atoms with Crippen LogP contribution in [0.5, 0.6) is 0 Å². The topological polar surface area (TPSA) is 49.4 Å². The molecule has 19 heavy (non-hydrogen) atoms. The summed E-state index contributed by atoms with van der Waals surface area (Å²) in [6.07, 6.45) is 7.16. The molecule has 0 spiro atoms. The highest BCUT2D eigenvalue weighted by atomic mass is 35.5. The lowest BCUT2D eigenvalue weighted by molar-refractivity contribution is 0.263. The van der Waals surface area contributed by atoms with Crippen LogP contribution in [-0.4, -0.2) is 37.2 Å². The van der Waals surface area contributed by atoms with Crippen molar-refractivity contribution in [1.29, 1.82) is 0 Å². The van der Waals surface area contributed by atoms with Crippen molar-refractivity contribution in [3.63, 3.8) is 0 Å². The van der Waals surface area contributed by atoms with Gasteiger partial charge in [0.1, 0.15) is 0 Å². The summed E-state index contributed by atoms with van der Waals surface area (Å²) in [6.45, 7) is 3.22. The number of rotatable bonds is 4. The highest BCUT2D eigenvalue weighted by Gasteiger charge is 2.30. The largest absolute Gasteiger partial charge is 0.279 e. The smallest absolute Gasteiger partial charge is 0.202 e. The Morgan fingerprint density at radius 1 is 1.16 bits per heavy atom. The van der Waals surface area contributed by atoms with Crippen molar-refractivity contribution in [3.05, 3.63) is 0 Å². The first-order valence-electron chi connectivity index (χ1n) is 7.39. The van der Waals surface area contributed by atoms with Crippen molar-refractivity contribution < 1.29 is 8.42 Å². The minimum Gasteiger partial charge on any atom is -0.202 e. The molecular formula is C13H25ClN2O2S. The quantitative estimate of drug-likeness (QED) is 0.811. The van der Waals surface area contributed by atoms with Gasteiger partial charge in [0, 0.05) is 24.5 Å². The fourth-order valence-electron chi connectivity index (χ4n) is 3.06. The molecule has 0 aromatic rings. The van der Waals surface area contributed by atoms with E-state index in [1.807, 2.05) is 6.92 Å². The molecule has 2 aliphatic rings. The van der Waals surface area contributed by atoms with Crippen molar-refractivity contribution in [3.8, 4) is 0 Å². The molecule has 112 valence electrons. The number of nitrogens with one attached hydrogen (secondary N) is 1. The van der Waals surface area contributed by atoms with Crippen molar-refractivity contribution in [2.24, 2.45) is 5.92 Å². The van der Waals surface area contributed by atoms with Gasteiger partial charge in [0.15, 0.2) is 0 Å². The van der Waals surface area contributed by atoms with E-state index in [0.29, 0.717) is 19.0 Å². The summed E-state index contributed by atoms with van der Waals surface area (Å²) in [5.74, 6) is 0.449. The van der Waals surface area contributed by atoms with Crippen LogP contribution >= 0.6 is 11.6 Å². The Morgan fingerprint density at radius 2 is 1.84 bits per heavy atom. The van der Waals surface area contributed by atoms with Gasteiger partial charge in [-0.15, -0.1) is 11.6 Å². The van der Waals surface area contributed by atoms with Gasteiger partial charge in [-0.3, -0.25) is 0 Å². The second-order valence-corrected chi connectivity index (χ2v) is 8.25. The highest BCUT2D eigenvalue weighted by molar-refractivity contribution is 7.87. The van der Waals surface area contributed by atoms with Crippen LogP contribution in [-0.2, 0) is 10.2 Å². The number of halogens is 1. The molecule has 0 aromatic heterocycles. The van der Waals surface area contributed by atoms with Gasteiger partial charge in [0.05, 0.1) is 0 Å². The van der Waals surface area contributed by atoms with Gasteiger partial charge in [-0.25, -0.2) is 4.72 Å². The molecule has 1 N–H and O–H groups in total. The van der Waals surface area contributed by atoms with Crippen LogP contribution in [0.2, 0.25) is 0 Å². The number of alkyl halides is 1. The Bertz CT molecular complexity index is 380. The van der Waals surface area contributed by atoms with Gasteiger partial charge in [0.25, 0.3) is 10.2 Å². The van der Waals surface area contributed by atoms with E-state index in [0.717, 1.165) is 44.9 Å². The Hall–Kier alpha value is 0.160. The molecule has 1 saturated heterocycles. The number of hydrogen-bond donors (Lipinski definition) is 1. The summed E-state index contributed by atoms with van der Waals surface area (Å²) < 4.78 is 29.0. The van der Waals surface area contributed by atoms with Crippen LogP contribution in [0.15, 0.2) is 0 Å². The maximum atomic E-state index is 12.3. The lowest BCUT2D eigenvalue weighted by Gasteiger charge is -2.33. The molecule has 0 bridgehead atoms. The maximum Gasteiger partial charge on any atom is 0.279 e. The first-order chi connectivity index (χ1) is 8.99. The molecule has 0 aromatic carbocycles. The minimum absolute atomic E-state index is 0.129. The van der Waals surface area contributed by atoms with Crippen LogP contribution in [0, 0.1) is 5.92 Å². The summed E-state index contributed by atoms with van der Waals surface area (Å²) in [4.78, 5) is 0. The van der Waals surface area contributed by atoms with E-state index in [1.54, 1.807) is 4.31 Å². The number of hydrogen-bond acceptors (Lipinski definition) is 2. The Balaban J connectivity index is 1.83. The Labute approximate surface area is 122 Å². The molecule has 6 heteroatoms. The first-order valence-corrected chi connectivity index (χ1v) is 9.27. The molecular weight excluding hydrogens is 284 g/mol. The Kier molecular flexibility index (Phi) is 5.52. The van der Waals surface area contributed by atoms with Crippen molar-refractivity contribution in [2.45, 2.75) is 63.3 Å². The van der Waals surface area contributed by atoms with E-state index in [1.165, 1.54) is 0 Å². The highest BCUT2D eigenvalue weighted by Crippen LogP contribution is 2.27. The standard InChI is InChI=1S/C13H25ClN2O2S/c1-11-4-2-3-9-16(11)19(17,18)15-10-12-5-7-13(14)8-6-12/h11-13,15H,2-10H2,1H3. The SMILES string of the molecule is CC1CCCCN1S(=O)(=O)NCC1CCC(Cl)CC1. The summed E-state index contributed by atoms with van der Waals surface area (Å²) in [5, 5.41) is 0.287. The molecule has 1 unspecified atom stereocenters. The molecule has 1 saturated carbocycles. The van der Waals surface area contributed by atoms with Crippen LogP contribution in [0.1, 0.15) is 51.9 Å². The summed E-state index contributed by atoms with van der Waals surface area (Å²) in [7, 11) is -3.30. The molecule has 2 rings (SSSR count). The fraction of sp³-hybridized carbons (Fsp3) is 1.00. The molecule has 4 nitrogen and oxygen atoms in total. The fourth-order valence-corrected chi connectivity index (χ4v) is 4.87. The zero-order valence-corrected chi connectivity index (χ0v) is 13.2. The molecule has 1 atom stereocenters. The van der Waals surface area contributed by atoms with Gasteiger partial charge in [-0.1, -0.05) is 6.42 Å². The molecule has 1 aliphatic heterocycles. The van der Waals surface area contributed by atoms with Gasteiger partial charge >= 0.3 is 0 Å². The van der Waals surface area contributed by atoms with Gasteiger partial charge in [0.2, 0.25) is 0 Å². The molecule has 2 fully saturated rings. The summed E-state index contributed by atoms with van der Waals surface area (Å²) in [5.41, 5.74) is 0. The number of nitrogens with zero attached hydrogens (tertiary/aromatic N) is 1. The monoisotopic (exact) mass is 308 g/mol. The second kappa shape index (κ2) is 6.74. The van der Waals surface area contributed by atoms with E-state index >= 15 is 0 Å². The van der Waals surface area contributed by atoms with Crippen LogP contribution in [0.25, 0.3) is 0 Å².